The minimum atomic E-state index is -0.886. The summed E-state index contributed by atoms with van der Waals surface area (Å²) in [5.41, 5.74) is 2.20. The monoisotopic (exact) mass is 250 g/mol. The molecule has 0 unspecified atom stereocenters. The number of carbonyl (C=O) groups is 1. The van der Waals surface area contributed by atoms with Gasteiger partial charge in [0.2, 0.25) is 5.83 Å². The Hall–Kier alpha value is -1.84. The zero-order valence-corrected chi connectivity index (χ0v) is 10.5. The van der Waals surface area contributed by atoms with Crippen LogP contribution in [-0.4, -0.2) is 19.7 Å². The number of fused-ring (bicyclic) bond motifs is 1. The molecule has 3 nitrogen and oxygen atoms in total. The SMILES string of the molecule is CCOC(=O)/C(F)=C1/CCc2ccc(OC)cc21. The highest BCUT2D eigenvalue weighted by Gasteiger charge is 2.24. The fourth-order valence-electron chi connectivity index (χ4n) is 2.12. The molecule has 0 fully saturated rings. The fraction of sp³-hybridized carbons (Fsp3) is 0.357. The molecule has 96 valence electrons. The molecule has 0 N–H and O–H groups in total. The third-order valence-corrected chi connectivity index (χ3v) is 3.01. The number of rotatable bonds is 3. The molecule has 0 radical (unpaired) electrons. The summed E-state index contributed by atoms with van der Waals surface area (Å²) in [5, 5.41) is 0. The fourth-order valence-corrected chi connectivity index (χ4v) is 2.12. The van der Waals surface area contributed by atoms with Crippen molar-refractivity contribution in [1.29, 1.82) is 0 Å². The van der Waals surface area contributed by atoms with Crippen molar-refractivity contribution < 1.29 is 18.7 Å². The Labute approximate surface area is 105 Å². The van der Waals surface area contributed by atoms with Crippen LogP contribution in [0.25, 0.3) is 5.57 Å². The van der Waals surface area contributed by atoms with Gasteiger partial charge in [-0.15, -0.1) is 0 Å². The summed E-state index contributed by atoms with van der Waals surface area (Å²) >= 11 is 0. The van der Waals surface area contributed by atoms with E-state index in [1.54, 1.807) is 20.1 Å². The van der Waals surface area contributed by atoms with Crippen molar-refractivity contribution >= 4 is 11.5 Å². The number of hydrogen-bond donors (Lipinski definition) is 0. The Kier molecular flexibility index (Phi) is 3.65. The van der Waals surface area contributed by atoms with Crippen molar-refractivity contribution in [3.05, 3.63) is 35.2 Å². The highest BCUT2D eigenvalue weighted by Crippen LogP contribution is 2.37. The van der Waals surface area contributed by atoms with Crippen LogP contribution in [0.5, 0.6) is 5.75 Å². The van der Waals surface area contributed by atoms with Gasteiger partial charge in [0.25, 0.3) is 0 Å². The van der Waals surface area contributed by atoms with Crippen LogP contribution in [-0.2, 0) is 16.0 Å². The minimum absolute atomic E-state index is 0.171. The molecule has 0 aliphatic heterocycles. The summed E-state index contributed by atoms with van der Waals surface area (Å²) in [7, 11) is 1.56. The van der Waals surface area contributed by atoms with Crippen molar-refractivity contribution in [3.8, 4) is 5.75 Å². The van der Waals surface area contributed by atoms with Crippen LogP contribution >= 0.6 is 0 Å². The lowest BCUT2D eigenvalue weighted by atomic mass is 10.1. The van der Waals surface area contributed by atoms with Gasteiger partial charge in [0, 0.05) is 5.57 Å². The van der Waals surface area contributed by atoms with E-state index in [4.69, 9.17) is 4.74 Å². The van der Waals surface area contributed by atoms with E-state index in [1.165, 1.54) is 0 Å². The normalized spacial score (nSPS) is 16.2. The van der Waals surface area contributed by atoms with Gasteiger partial charge in [0.05, 0.1) is 13.7 Å². The zero-order chi connectivity index (χ0) is 13.1. The van der Waals surface area contributed by atoms with Crippen molar-refractivity contribution in [2.75, 3.05) is 13.7 Å². The lowest BCUT2D eigenvalue weighted by molar-refractivity contribution is -0.140. The predicted molar refractivity (Wildman–Crippen MR) is 66.0 cm³/mol. The molecule has 0 amide bonds. The topological polar surface area (TPSA) is 35.5 Å². The molecule has 0 saturated carbocycles. The highest BCUT2D eigenvalue weighted by molar-refractivity contribution is 5.96. The molecule has 18 heavy (non-hydrogen) atoms. The number of ether oxygens (including phenoxy) is 2. The third-order valence-electron chi connectivity index (χ3n) is 3.01. The van der Waals surface area contributed by atoms with Gasteiger partial charge in [-0.1, -0.05) is 6.07 Å². The van der Waals surface area contributed by atoms with E-state index in [0.29, 0.717) is 17.7 Å². The smallest absolute Gasteiger partial charge is 0.367 e. The van der Waals surface area contributed by atoms with Gasteiger partial charge in [0.15, 0.2) is 0 Å². The molecule has 4 heteroatoms. The van der Waals surface area contributed by atoms with Crippen LogP contribution in [0.4, 0.5) is 4.39 Å². The number of allylic oxidation sites excluding steroid dienone is 1. The second kappa shape index (κ2) is 5.21. The average Bonchev–Trinajstić information content (AvgIpc) is 2.80. The lowest BCUT2D eigenvalue weighted by Gasteiger charge is -2.06. The van der Waals surface area contributed by atoms with E-state index in [1.807, 2.05) is 12.1 Å². The summed E-state index contributed by atoms with van der Waals surface area (Å²) in [6, 6.07) is 5.50. The zero-order valence-electron chi connectivity index (χ0n) is 10.5. The van der Waals surface area contributed by atoms with Gasteiger partial charge in [-0.3, -0.25) is 0 Å². The van der Waals surface area contributed by atoms with E-state index in [9.17, 15) is 9.18 Å². The summed E-state index contributed by atoms with van der Waals surface area (Å²) in [5.74, 6) is -1.02. The lowest BCUT2D eigenvalue weighted by Crippen LogP contribution is -2.06. The first-order chi connectivity index (χ1) is 8.67. The first-order valence-electron chi connectivity index (χ1n) is 5.90. The van der Waals surface area contributed by atoms with Gasteiger partial charge in [-0.05, 0) is 43.0 Å². The molecule has 2 rings (SSSR count). The highest BCUT2D eigenvalue weighted by atomic mass is 19.1. The molecular weight excluding hydrogens is 235 g/mol. The maximum Gasteiger partial charge on any atom is 0.367 e. The summed E-state index contributed by atoms with van der Waals surface area (Å²) < 4.78 is 23.8. The summed E-state index contributed by atoms with van der Waals surface area (Å²) in [6.45, 7) is 1.83. The van der Waals surface area contributed by atoms with Crippen LogP contribution in [0.15, 0.2) is 24.0 Å². The van der Waals surface area contributed by atoms with Gasteiger partial charge in [-0.25, -0.2) is 4.79 Å². The van der Waals surface area contributed by atoms with Crippen LogP contribution in [0.2, 0.25) is 0 Å². The quantitative estimate of drug-likeness (QED) is 0.611. The first-order valence-corrected chi connectivity index (χ1v) is 5.90. The second-order valence-corrected chi connectivity index (χ2v) is 4.04. The molecule has 0 saturated heterocycles. The van der Waals surface area contributed by atoms with E-state index in [-0.39, 0.29) is 6.61 Å². The summed E-state index contributed by atoms with van der Waals surface area (Å²) in [4.78, 5) is 11.4. The van der Waals surface area contributed by atoms with Crippen molar-refractivity contribution in [2.45, 2.75) is 19.8 Å². The Morgan fingerprint density at radius 3 is 2.83 bits per heavy atom. The molecule has 1 aromatic rings. The Balaban J connectivity index is 2.40. The van der Waals surface area contributed by atoms with Crippen molar-refractivity contribution in [2.24, 2.45) is 0 Å². The number of carbonyl (C=O) groups excluding carboxylic acids is 1. The van der Waals surface area contributed by atoms with Crippen molar-refractivity contribution in [3.63, 3.8) is 0 Å². The Morgan fingerprint density at radius 2 is 2.17 bits per heavy atom. The van der Waals surface area contributed by atoms with Crippen LogP contribution in [0.1, 0.15) is 24.5 Å². The molecule has 0 bridgehead atoms. The van der Waals surface area contributed by atoms with Crippen LogP contribution in [0.3, 0.4) is 0 Å². The minimum Gasteiger partial charge on any atom is -0.497 e. The first kappa shape index (κ1) is 12.6. The Morgan fingerprint density at radius 1 is 1.39 bits per heavy atom. The maximum atomic E-state index is 14.0. The number of esters is 1. The number of benzene rings is 1. The number of halogens is 1. The van der Waals surface area contributed by atoms with Crippen LogP contribution in [0, 0.1) is 0 Å². The van der Waals surface area contributed by atoms with E-state index >= 15 is 0 Å². The van der Waals surface area contributed by atoms with Gasteiger partial charge < -0.3 is 9.47 Å². The average molecular weight is 250 g/mol. The Bertz CT molecular complexity index is 506. The van der Waals surface area contributed by atoms with E-state index < -0.39 is 11.8 Å². The molecule has 1 aromatic carbocycles. The third kappa shape index (κ3) is 2.23. The van der Waals surface area contributed by atoms with Crippen LogP contribution < -0.4 is 4.74 Å². The maximum absolute atomic E-state index is 14.0. The summed E-state index contributed by atoms with van der Waals surface area (Å²) in [6.07, 6.45) is 1.26. The number of methoxy groups -OCH3 is 1. The molecule has 0 heterocycles. The second-order valence-electron chi connectivity index (χ2n) is 4.04. The standard InChI is InChI=1S/C14H15FO3/c1-3-18-14(16)13(15)11-7-5-9-4-6-10(17-2)8-12(9)11/h4,6,8H,3,5,7H2,1-2H3/b13-11+. The predicted octanol–water partition coefficient (Wildman–Crippen LogP) is 2.89. The molecule has 0 spiro atoms. The molecule has 0 aromatic heterocycles. The van der Waals surface area contributed by atoms with Crippen molar-refractivity contribution in [1.82, 2.24) is 0 Å². The molecule has 0 atom stereocenters. The molecule has 1 aliphatic carbocycles. The molecular formula is C14H15FO3. The van der Waals surface area contributed by atoms with Gasteiger partial charge in [-0.2, -0.15) is 4.39 Å². The number of hydrogen-bond acceptors (Lipinski definition) is 3. The van der Waals surface area contributed by atoms with Gasteiger partial charge >= 0.3 is 5.97 Å². The molecule has 1 aliphatic rings. The van der Waals surface area contributed by atoms with E-state index in [0.717, 1.165) is 17.5 Å². The number of aryl methyl sites for hydroxylation is 1. The van der Waals surface area contributed by atoms with Gasteiger partial charge in [0.1, 0.15) is 5.75 Å². The van der Waals surface area contributed by atoms with E-state index in [2.05, 4.69) is 4.74 Å². The largest absolute Gasteiger partial charge is 0.497 e.